The van der Waals surface area contributed by atoms with Crippen molar-refractivity contribution < 1.29 is 43.9 Å². The highest BCUT2D eigenvalue weighted by Crippen LogP contribution is 2.67. The van der Waals surface area contributed by atoms with Gasteiger partial charge in [-0.25, -0.2) is 9.59 Å². The van der Waals surface area contributed by atoms with E-state index in [1.807, 2.05) is 0 Å². The maximum Gasteiger partial charge on any atom is 0.342 e. The first-order valence-electron chi connectivity index (χ1n) is 9.93. The number of fused-ring (bicyclic) bond motifs is 2. The molecule has 1 aliphatic heterocycles. The summed E-state index contributed by atoms with van der Waals surface area (Å²) >= 11 is 0. The van der Waals surface area contributed by atoms with Gasteiger partial charge in [0.2, 0.25) is 5.60 Å². The third-order valence-electron chi connectivity index (χ3n) is 6.99. The summed E-state index contributed by atoms with van der Waals surface area (Å²) in [6.07, 6.45) is -3.76. The molecule has 3 aliphatic rings. The topological polar surface area (TPSA) is 164 Å². The zero-order valence-corrected chi connectivity index (χ0v) is 16.8. The van der Waals surface area contributed by atoms with Gasteiger partial charge in [0.25, 0.3) is 0 Å². The van der Waals surface area contributed by atoms with Gasteiger partial charge >= 0.3 is 11.6 Å². The van der Waals surface area contributed by atoms with Gasteiger partial charge in [-0.05, 0) is 0 Å². The monoisotopic (exact) mass is 444 g/mol. The normalized spacial score (nSPS) is 39.6. The maximum absolute atomic E-state index is 13.5. The lowest BCUT2D eigenvalue weighted by Crippen LogP contribution is -2.69. The van der Waals surface area contributed by atoms with Gasteiger partial charge < -0.3 is 34.3 Å². The fraction of sp³-hybridized carbons (Fsp3) is 0.409. The van der Waals surface area contributed by atoms with Crippen LogP contribution >= 0.6 is 0 Å². The lowest BCUT2D eigenvalue weighted by molar-refractivity contribution is -0.252. The van der Waals surface area contributed by atoms with Crippen LogP contribution in [0.15, 0.2) is 51.7 Å². The molecule has 0 amide bonds. The Labute approximate surface area is 180 Å². The van der Waals surface area contributed by atoms with Crippen LogP contribution in [0.5, 0.6) is 5.75 Å². The van der Waals surface area contributed by atoms with E-state index in [9.17, 15) is 34.8 Å². The Balaban J connectivity index is 1.80. The van der Waals surface area contributed by atoms with E-state index in [1.165, 1.54) is 25.3 Å². The van der Waals surface area contributed by atoms with Crippen LogP contribution < -0.4 is 10.4 Å². The number of benzene rings is 1. The molecule has 3 fully saturated rings. The number of methoxy groups -OCH3 is 1. The zero-order valence-electron chi connectivity index (χ0n) is 16.8. The van der Waals surface area contributed by atoms with Crippen molar-refractivity contribution in [3.05, 3.63) is 64.2 Å². The molecule has 2 aromatic rings. The Hall–Kier alpha value is -3.05. The second-order valence-electron chi connectivity index (χ2n) is 8.49. The third kappa shape index (κ3) is 2.29. The largest absolute Gasteiger partial charge is 0.496 e. The van der Waals surface area contributed by atoms with Crippen molar-refractivity contribution in [1.82, 2.24) is 0 Å². The molecule has 32 heavy (non-hydrogen) atoms. The Bertz CT molecular complexity index is 1170. The number of carbonyl (C=O) groups is 2. The first-order chi connectivity index (χ1) is 15.1. The second kappa shape index (κ2) is 6.48. The predicted octanol–water partition coefficient (Wildman–Crippen LogP) is -0.872. The van der Waals surface area contributed by atoms with E-state index in [4.69, 9.17) is 13.9 Å². The van der Waals surface area contributed by atoms with Crippen molar-refractivity contribution in [2.75, 3.05) is 7.11 Å². The van der Waals surface area contributed by atoms with Crippen molar-refractivity contribution >= 4 is 11.8 Å². The summed E-state index contributed by atoms with van der Waals surface area (Å²) in [7, 11) is 1.28. The molecule has 3 bridgehead atoms. The van der Waals surface area contributed by atoms with Crippen molar-refractivity contribution in [3.8, 4) is 5.75 Å². The van der Waals surface area contributed by atoms with E-state index in [0.29, 0.717) is 0 Å². The number of Topliss-reactive ketones (excluding diaryl/α,β-unsaturated/α-hetero) is 1. The molecular weight excluding hydrogens is 424 g/mol. The minimum Gasteiger partial charge on any atom is -0.496 e. The molecule has 5 rings (SSSR count). The number of esters is 1. The summed E-state index contributed by atoms with van der Waals surface area (Å²) in [5.41, 5.74) is -8.89. The second-order valence-corrected chi connectivity index (χ2v) is 8.49. The summed E-state index contributed by atoms with van der Waals surface area (Å²) in [4.78, 5) is 38.5. The fourth-order valence-electron chi connectivity index (χ4n) is 5.68. The average Bonchev–Trinajstić information content (AvgIpc) is 2.87. The van der Waals surface area contributed by atoms with E-state index in [1.54, 1.807) is 18.2 Å². The summed E-state index contributed by atoms with van der Waals surface area (Å²) in [5.74, 6) is -6.31. The molecule has 2 saturated carbocycles. The maximum atomic E-state index is 13.5. The minimum absolute atomic E-state index is 0.0218. The third-order valence-corrected chi connectivity index (χ3v) is 6.99. The van der Waals surface area contributed by atoms with Gasteiger partial charge in [0.05, 0.1) is 25.0 Å². The zero-order chi connectivity index (χ0) is 23.1. The molecule has 6 unspecified atom stereocenters. The standard InChI is InChI=1S/C22H20O10/c1-30-11-7-12(31-14(23)8-11)16-20(27)9-13-18(25)21(16,28)17(22(20,29)19(26)32-13)15(24)10-5-3-2-4-6-10/h2-8,13,16-18,25,27-29H,9H2,1H3/t13?,16?,17-,18?,20?,21?,22?/m0/s1. The lowest BCUT2D eigenvalue weighted by Gasteiger charge is -2.50. The van der Waals surface area contributed by atoms with Gasteiger partial charge in [-0.2, -0.15) is 0 Å². The molecule has 2 aliphatic carbocycles. The Morgan fingerprint density at radius 2 is 1.81 bits per heavy atom. The van der Waals surface area contributed by atoms with Gasteiger partial charge in [-0.15, -0.1) is 0 Å². The van der Waals surface area contributed by atoms with E-state index in [2.05, 4.69) is 0 Å². The summed E-state index contributed by atoms with van der Waals surface area (Å²) in [6, 6.07) is 9.75. The van der Waals surface area contributed by atoms with Gasteiger partial charge in [0.1, 0.15) is 34.9 Å². The number of rotatable bonds is 4. The highest BCUT2D eigenvalue weighted by molar-refractivity contribution is 6.05. The highest BCUT2D eigenvalue weighted by Gasteiger charge is 2.88. The van der Waals surface area contributed by atoms with Crippen molar-refractivity contribution in [2.45, 2.75) is 41.3 Å². The lowest BCUT2D eigenvalue weighted by atomic mass is 9.65. The number of ketones is 1. The van der Waals surface area contributed by atoms with Crippen molar-refractivity contribution in [2.24, 2.45) is 5.92 Å². The first-order valence-corrected chi connectivity index (χ1v) is 9.93. The van der Waals surface area contributed by atoms with Gasteiger partial charge in [0.15, 0.2) is 5.78 Å². The molecule has 7 atom stereocenters. The van der Waals surface area contributed by atoms with E-state index in [-0.39, 0.29) is 17.1 Å². The summed E-state index contributed by atoms with van der Waals surface area (Å²) in [5, 5.41) is 46.1. The van der Waals surface area contributed by atoms with Crippen LogP contribution in [0.3, 0.4) is 0 Å². The molecule has 2 heterocycles. The van der Waals surface area contributed by atoms with Crippen LogP contribution in [0.25, 0.3) is 0 Å². The molecule has 4 N–H and O–H groups in total. The van der Waals surface area contributed by atoms with Gasteiger partial charge in [-0.3, -0.25) is 4.79 Å². The fourth-order valence-corrected chi connectivity index (χ4v) is 5.68. The minimum atomic E-state index is -2.92. The Kier molecular flexibility index (Phi) is 4.22. The first kappa shape index (κ1) is 20.8. The van der Waals surface area contributed by atoms with Gasteiger partial charge in [0, 0.05) is 18.1 Å². The van der Waals surface area contributed by atoms with Gasteiger partial charge in [-0.1, -0.05) is 30.3 Å². The van der Waals surface area contributed by atoms with E-state index in [0.717, 1.165) is 6.07 Å². The molecule has 1 aromatic carbocycles. The number of carbonyl (C=O) groups excluding carboxylic acids is 2. The van der Waals surface area contributed by atoms with Crippen molar-refractivity contribution in [1.29, 1.82) is 0 Å². The van der Waals surface area contributed by atoms with E-state index < -0.39 is 64.6 Å². The average molecular weight is 444 g/mol. The highest BCUT2D eigenvalue weighted by atomic mass is 16.6. The van der Waals surface area contributed by atoms with E-state index >= 15 is 0 Å². The molecular formula is C22H20O10. The number of aliphatic hydroxyl groups is 4. The molecule has 1 saturated heterocycles. The van der Waals surface area contributed by atoms with Crippen LogP contribution in [0, 0.1) is 5.92 Å². The molecule has 10 nitrogen and oxygen atoms in total. The Morgan fingerprint density at radius 1 is 1.12 bits per heavy atom. The number of hydrogen-bond donors (Lipinski definition) is 4. The predicted molar refractivity (Wildman–Crippen MR) is 104 cm³/mol. The summed E-state index contributed by atoms with van der Waals surface area (Å²) < 4.78 is 15.4. The van der Waals surface area contributed by atoms with Crippen LogP contribution in [-0.4, -0.2) is 68.3 Å². The molecule has 0 spiro atoms. The van der Waals surface area contributed by atoms with Crippen LogP contribution in [0.1, 0.15) is 28.5 Å². The summed E-state index contributed by atoms with van der Waals surface area (Å²) in [6.45, 7) is 0. The number of ether oxygens (including phenoxy) is 2. The van der Waals surface area contributed by atoms with Crippen LogP contribution in [-0.2, 0) is 9.53 Å². The molecule has 168 valence electrons. The number of hydrogen-bond acceptors (Lipinski definition) is 10. The smallest absolute Gasteiger partial charge is 0.342 e. The van der Waals surface area contributed by atoms with Crippen molar-refractivity contribution in [3.63, 3.8) is 0 Å². The number of aliphatic hydroxyl groups excluding tert-OH is 1. The quantitative estimate of drug-likeness (QED) is 0.344. The molecule has 0 radical (unpaired) electrons. The van der Waals surface area contributed by atoms with Crippen LogP contribution in [0.4, 0.5) is 0 Å². The Morgan fingerprint density at radius 3 is 2.47 bits per heavy atom. The molecule has 10 heteroatoms. The SMILES string of the molecule is COc1cc(C2C3(O)C(O)C4CC2(O)C(O)(C(=O)O4)[C@H]3C(=O)c2ccccc2)oc(=O)c1. The molecule has 1 aromatic heterocycles. The van der Waals surface area contributed by atoms with Crippen LogP contribution in [0.2, 0.25) is 0 Å².